The van der Waals surface area contributed by atoms with Gasteiger partial charge < -0.3 is 10.1 Å². The van der Waals surface area contributed by atoms with Gasteiger partial charge in [0.2, 0.25) is 0 Å². The summed E-state index contributed by atoms with van der Waals surface area (Å²) < 4.78 is 41.5. The molecule has 1 aromatic rings. The third-order valence-electron chi connectivity index (χ3n) is 7.61. The zero-order valence-electron chi connectivity index (χ0n) is 21.8. The molecular formula is C27H42ClN3O4S. The van der Waals surface area contributed by atoms with Crippen molar-refractivity contribution in [3.8, 4) is 5.75 Å². The van der Waals surface area contributed by atoms with E-state index in [-0.39, 0.29) is 23.4 Å². The molecule has 1 saturated heterocycles. The van der Waals surface area contributed by atoms with Gasteiger partial charge in [-0.05, 0) is 49.5 Å². The van der Waals surface area contributed by atoms with Crippen molar-refractivity contribution in [1.82, 2.24) is 14.5 Å². The van der Waals surface area contributed by atoms with Crippen molar-refractivity contribution in [3.63, 3.8) is 0 Å². The number of allylic oxidation sites excluding steroid dienone is 1. The lowest BCUT2D eigenvalue weighted by Gasteiger charge is -2.45. The zero-order valence-corrected chi connectivity index (χ0v) is 23.4. The van der Waals surface area contributed by atoms with Crippen LogP contribution in [0.1, 0.15) is 63.9 Å². The molecule has 2 N–H and O–H groups in total. The number of alkyl halides is 1. The minimum absolute atomic E-state index is 0.0582. The van der Waals surface area contributed by atoms with Crippen LogP contribution in [0.15, 0.2) is 48.2 Å². The summed E-state index contributed by atoms with van der Waals surface area (Å²) in [7, 11) is -2.81. The van der Waals surface area contributed by atoms with Gasteiger partial charge in [0.15, 0.2) is 0 Å². The highest BCUT2D eigenvalue weighted by molar-refractivity contribution is 7.83. The number of methoxy groups -OCH3 is 1. The van der Waals surface area contributed by atoms with E-state index in [0.717, 1.165) is 67.5 Å². The van der Waals surface area contributed by atoms with Crippen LogP contribution in [-0.2, 0) is 10.3 Å². The molecular weight excluding hydrogens is 498 g/mol. The number of ether oxygens (including phenoxy) is 1. The molecule has 1 heterocycles. The molecule has 2 aliphatic rings. The van der Waals surface area contributed by atoms with E-state index in [0.29, 0.717) is 18.5 Å². The fourth-order valence-corrected chi connectivity index (χ4v) is 6.48. The first-order valence-corrected chi connectivity index (χ1v) is 15.0. The van der Waals surface area contributed by atoms with Gasteiger partial charge in [0.25, 0.3) is 0 Å². The molecule has 3 atom stereocenters. The maximum Gasteiger partial charge on any atom is 0.359 e. The fourth-order valence-electron chi connectivity index (χ4n) is 5.32. The van der Waals surface area contributed by atoms with Gasteiger partial charge in [-0.15, -0.1) is 11.6 Å². The topological polar surface area (TPSA) is 82.1 Å². The molecule has 3 unspecified atom stereocenters. The molecule has 36 heavy (non-hydrogen) atoms. The number of nitrogens with zero attached hydrogens (tertiary/aromatic N) is 2. The van der Waals surface area contributed by atoms with Gasteiger partial charge in [-0.3, -0.25) is 9.45 Å². The Balaban J connectivity index is 1.79. The van der Waals surface area contributed by atoms with E-state index in [1.54, 1.807) is 7.11 Å². The molecule has 0 spiro atoms. The Kier molecular flexibility index (Phi) is 10.7. The van der Waals surface area contributed by atoms with E-state index in [9.17, 15) is 13.0 Å². The van der Waals surface area contributed by atoms with Crippen molar-refractivity contribution in [1.29, 1.82) is 0 Å². The Hall–Kier alpha value is -1.58. The Morgan fingerprint density at radius 1 is 1.19 bits per heavy atom. The number of hydrogen-bond acceptors (Lipinski definition) is 5. The van der Waals surface area contributed by atoms with Gasteiger partial charge in [-0.25, -0.2) is 4.31 Å². The second-order valence-electron chi connectivity index (χ2n) is 9.74. The van der Waals surface area contributed by atoms with E-state index in [1.807, 2.05) is 36.4 Å². The molecule has 9 heteroatoms. The van der Waals surface area contributed by atoms with Crippen molar-refractivity contribution in [2.75, 3.05) is 39.8 Å². The molecule has 0 radical (unpaired) electrons. The molecule has 0 amide bonds. The summed E-state index contributed by atoms with van der Waals surface area (Å²) in [5.74, 6) is 0.704. The molecule has 1 aliphatic carbocycles. The van der Waals surface area contributed by atoms with E-state index < -0.39 is 10.3 Å². The lowest BCUT2D eigenvalue weighted by atomic mass is 9.85. The Labute approximate surface area is 222 Å². The average molecular weight is 540 g/mol. The summed E-state index contributed by atoms with van der Waals surface area (Å²) >= 11 is 6.86. The maximum atomic E-state index is 12.5. The maximum absolute atomic E-state index is 12.5. The Morgan fingerprint density at radius 2 is 1.89 bits per heavy atom. The first-order valence-electron chi connectivity index (χ1n) is 13.1. The molecule has 0 bridgehead atoms. The highest BCUT2D eigenvalue weighted by atomic mass is 35.5. The summed E-state index contributed by atoms with van der Waals surface area (Å²) in [6, 6.07) is 7.79. The lowest BCUT2D eigenvalue weighted by Crippen LogP contribution is -2.55. The zero-order chi connectivity index (χ0) is 26.2. The van der Waals surface area contributed by atoms with Crippen LogP contribution in [0.5, 0.6) is 5.75 Å². The van der Waals surface area contributed by atoms with Crippen molar-refractivity contribution in [2.24, 2.45) is 0 Å². The van der Waals surface area contributed by atoms with Crippen LogP contribution in [0.25, 0.3) is 0 Å². The van der Waals surface area contributed by atoms with E-state index in [4.69, 9.17) is 16.3 Å². The smallest absolute Gasteiger partial charge is 0.359 e. The third-order valence-corrected chi connectivity index (χ3v) is 9.08. The number of benzene rings is 1. The first-order chi connectivity index (χ1) is 17.2. The molecule has 1 aromatic carbocycles. The Bertz CT molecular complexity index is 993. The van der Waals surface area contributed by atoms with Crippen molar-refractivity contribution >= 4 is 21.9 Å². The minimum Gasteiger partial charge on any atom is -0.497 e. The lowest BCUT2D eigenvalue weighted by molar-refractivity contribution is 0.108. The van der Waals surface area contributed by atoms with Crippen molar-refractivity contribution < 1.29 is 17.7 Å². The van der Waals surface area contributed by atoms with Gasteiger partial charge >= 0.3 is 10.3 Å². The molecule has 0 aromatic heterocycles. The van der Waals surface area contributed by atoms with Crippen LogP contribution in [0, 0.1) is 0 Å². The molecule has 1 aliphatic heterocycles. The summed E-state index contributed by atoms with van der Waals surface area (Å²) in [4.78, 5) is 2.47. The van der Waals surface area contributed by atoms with Gasteiger partial charge in [-0.2, -0.15) is 8.42 Å². The number of nitrogens with one attached hydrogen (secondary N) is 1. The van der Waals surface area contributed by atoms with Gasteiger partial charge in [-0.1, -0.05) is 51.0 Å². The van der Waals surface area contributed by atoms with E-state index in [1.165, 1.54) is 0 Å². The van der Waals surface area contributed by atoms with E-state index >= 15 is 0 Å². The normalized spacial score (nSPS) is 22.6. The van der Waals surface area contributed by atoms with E-state index in [2.05, 4.69) is 30.1 Å². The van der Waals surface area contributed by atoms with Gasteiger partial charge in [0, 0.05) is 55.3 Å². The van der Waals surface area contributed by atoms with Crippen LogP contribution in [0.3, 0.4) is 0 Å². The van der Waals surface area contributed by atoms with Crippen molar-refractivity contribution in [3.05, 3.63) is 53.8 Å². The van der Waals surface area contributed by atoms with Crippen LogP contribution in [-0.4, -0.2) is 72.9 Å². The number of unbranched alkanes of at least 4 members (excludes halogenated alkanes) is 1. The Morgan fingerprint density at radius 3 is 2.42 bits per heavy atom. The summed E-state index contributed by atoms with van der Waals surface area (Å²) in [6.45, 7) is 8.27. The average Bonchev–Trinajstić information content (AvgIpc) is 2.90. The highest BCUT2D eigenvalue weighted by Gasteiger charge is 2.36. The molecule has 0 saturated carbocycles. The molecule has 7 nitrogen and oxygen atoms in total. The van der Waals surface area contributed by atoms with Crippen LogP contribution in [0.2, 0.25) is 0 Å². The second kappa shape index (κ2) is 13.3. The third kappa shape index (κ3) is 7.25. The quantitative estimate of drug-likeness (QED) is 0.272. The second-order valence-corrected chi connectivity index (χ2v) is 11.6. The predicted octanol–water partition coefficient (Wildman–Crippen LogP) is 4.97. The standard InChI is InChI=1S/C27H42ClN3O4S/c1-4-6-7-26(28)25(22-8-10-24(35-3)11-9-22)14-19-31(36(32,33)34)23-12-15-27(5-2,16-13-23)30-20-17-29-18-21-30/h8-13,15,25-26,29H,4-7,14,16-21H2,1-3H3,(H,32,33,34). The predicted molar refractivity (Wildman–Crippen MR) is 147 cm³/mol. The van der Waals surface area contributed by atoms with Gasteiger partial charge in [0.1, 0.15) is 5.75 Å². The molecule has 3 rings (SSSR count). The minimum atomic E-state index is -4.44. The highest BCUT2D eigenvalue weighted by Crippen LogP contribution is 2.35. The summed E-state index contributed by atoms with van der Waals surface area (Å²) in [5.41, 5.74) is 1.44. The fraction of sp³-hybridized carbons (Fsp3) is 0.630. The monoisotopic (exact) mass is 539 g/mol. The molecule has 202 valence electrons. The number of hydrogen-bond donors (Lipinski definition) is 2. The van der Waals surface area contributed by atoms with Crippen molar-refractivity contribution in [2.45, 2.75) is 69.2 Å². The number of halogens is 1. The number of rotatable bonds is 13. The van der Waals surface area contributed by atoms with Crippen LogP contribution < -0.4 is 10.1 Å². The first kappa shape index (κ1) is 29.0. The number of piperazine rings is 1. The largest absolute Gasteiger partial charge is 0.497 e. The summed E-state index contributed by atoms with van der Waals surface area (Å²) in [5, 5.41) is 3.25. The van der Waals surface area contributed by atoms with Crippen LogP contribution >= 0.6 is 11.6 Å². The SMILES string of the molecule is CCCCC(Cl)C(CCN(C1=CCC(CC)(N2CCNCC2)C=C1)S(=O)(=O)O)c1ccc(OC)cc1. The van der Waals surface area contributed by atoms with Crippen LogP contribution in [0.4, 0.5) is 0 Å². The summed E-state index contributed by atoms with van der Waals surface area (Å²) in [6.07, 6.45) is 11.0. The molecule has 1 fully saturated rings. The van der Waals surface area contributed by atoms with Gasteiger partial charge in [0.05, 0.1) is 7.11 Å².